The molecule has 0 aliphatic carbocycles. The summed E-state index contributed by atoms with van der Waals surface area (Å²) < 4.78 is 21.0. The first-order chi connectivity index (χ1) is 12.4. The molecule has 1 aromatic carbocycles. The molecule has 1 amide bonds. The van der Waals surface area contributed by atoms with Gasteiger partial charge in [-0.3, -0.25) is 4.79 Å². The van der Waals surface area contributed by atoms with Crippen molar-refractivity contribution in [2.45, 2.75) is 13.1 Å². The molecule has 0 fully saturated rings. The van der Waals surface area contributed by atoms with Crippen molar-refractivity contribution in [1.29, 1.82) is 0 Å². The molecule has 1 aliphatic rings. The number of carbonyl (C=O) groups excluding carboxylic acids is 2. The first kappa shape index (κ1) is 17.7. The molecule has 2 heterocycles. The molecule has 8 heteroatoms. The molecule has 0 saturated heterocycles. The van der Waals surface area contributed by atoms with Crippen molar-refractivity contribution < 1.29 is 28.2 Å². The third-order valence-corrected chi connectivity index (χ3v) is 4.37. The number of ether oxygens (including phenoxy) is 3. The van der Waals surface area contributed by atoms with Crippen LogP contribution in [0.1, 0.15) is 38.4 Å². The molecule has 0 radical (unpaired) electrons. The van der Waals surface area contributed by atoms with E-state index in [9.17, 15) is 9.59 Å². The maximum Gasteiger partial charge on any atom is 0.341 e. The summed E-state index contributed by atoms with van der Waals surface area (Å²) in [6.45, 7) is 1.67. The highest BCUT2D eigenvalue weighted by molar-refractivity contribution is 6.02. The summed E-state index contributed by atoms with van der Waals surface area (Å²) in [6, 6.07) is 4.90. The normalized spacial score (nSPS) is 16.0. The SMILES string of the molecule is COC(=O)c1cc([C@H]2Nc3cc(OC)c(OC)cc3C(=O)N2C)oc1C. The van der Waals surface area contributed by atoms with E-state index in [4.69, 9.17) is 18.6 Å². The largest absolute Gasteiger partial charge is 0.493 e. The number of esters is 1. The average molecular weight is 360 g/mol. The molecule has 1 aromatic heterocycles. The Morgan fingerprint density at radius 1 is 1.15 bits per heavy atom. The number of carbonyl (C=O) groups is 2. The number of aryl methyl sites for hydroxylation is 1. The van der Waals surface area contributed by atoms with Gasteiger partial charge < -0.3 is 28.8 Å². The molecule has 0 bridgehead atoms. The lowest BCUT2D eigenvalue weighted by molar-refractivity contribution is 0.0598. The van der Waals surface area contributed by atoms with Gasteiger partial charge >= 0.3 is 5.97 Å². The van der Waals surface area contributed by atoms with Crippen molar-refractivity contribution in [2.75, 3.05) is 33.7 Å². The van der Waals surface area contributed by atoms with Crippen LogP contribution in [0.4, 0.5) is 5.69 Å². The third-order valence-electron chi connectivity index (χ3n) is 4.37. The second-order valence-corrected chi connectivity index (χ2v) is 5.83. The van der Waals surface area contributed by atoms with E-state index in [1.165, 1.54) is 26.2 Å². The van der Waals surface area contributed by atoms with Crippen molar-refractivity contribution in [3.63, 3.8) is 0 Å². The third kappa shape index (κ3) is 2.73. The molecule has 8 nitrogen and oxygen atoms in total. The fraction of sp³-hybridized carbons (Fsp3) is 0.333. The summed E-state index contributed by atoms with van der Waals surface area (Å²) in [4.78, 5) is 26.1. The van der Waals surface area contributed by atoms with Gasteiger partial charge in [0.25, 0.3) is 5.91 Å². The van der Waals surface area contributed by atoms with E-state index < -0.39 is 12.1 Å². The molecule has 2 aromatic rings. The van der Waals surface area contributed by atoms with Crippen LogP contribution in [0.25, 0.3) is 0 Å². The zero-order valence-electron chi connectivity index (χ0n) is 15.2. The highest BCUT2D eigenvalue weighted by atomic mass is 16.5. The lowest BCUT2D eigenvalue weighted by Gasteiger charge is -2.34. The smallest absolute Gasteiger partial charge is 0.341 e. The standard InChI is InChI=1S/C18H20N2O6/c1-9-10(18(22)25-5)6-15(26-9)16-19-12-8-14(24-4)13(23-3)7-11(12)17(21)20(16)2/h6-8,16,19H,1-5H3/t16-/m0/s1. The van der Waals surface area contributed by atoms with E-state index in [2.05, 4.69) is 5.32 Å². The number of hydrogen-bond donors (Lipinski definition) is 1. The number of anilines is 1. The van der Waals surface area contributed by atoms with Gasteiger partial charge in [-0.15, -0.1) is 0 Å². The van der Waals surface area contributed by atoms with E-state index in [-0.39, 0.29) is 5.91 Å². The van der Waals surface area contributed by atoms with E-state index >= 15 is 0 Å². The zero-order valence-corrected chi connectivity index (χ0v) is 15.2. The van der Waals surface area contributed by atoms with Crippen molar-refractivity contribution in [3.05, 3.63) is 40.8 Å². The topological polar surface area (TPSA) is 90.2 Å². The number of fused-ring (bicyclic) bond motifs is 1. The highest BCUT2D eigenvalue weighted by Gasteiger charge is 2.34. The number of amides is 1. The first-order valence-corrected chi connectivity index (χ1v) is 7.89. The Kier molecular flexibility index (Phi) is 4.50. The fourth-order valence-corrected chi connectivity index (χ4v) is 2.94. The van der Waals surface area contributed by atoms with Crippen LogP contribution >= 0.6 is 0 Å². The maximum atomic E-state index is 12.8. The zero-order chi connectivity index (χ0) is 19.0. The first-order valence-electron chi connectivity index (χ1n) is 7.89. The number of nitrogens with one attached hydrogen (secondary N) is 1. The Balaban J connectivity index is 2.03. The van der Waals surface area contributed by atoms with Gasteiger partial charge in [0.15, 0.2) is 17.7 Å². The minimum Gasteiger partial charge on any atom is -0.493 e. The van der Waals surface area contributed by atoms with Crippen LogP contribution in [0.2, 0.25) is 0 Å². The number of furan rings is 1. The van der Waals surface area contributed by atoms with Crippen LogP contribution in [0.5, 0.6) is 11.5 Å². The Labute approximate surface area is 150 Å². The minimum atomic E-state index is -0.579. The molecule has 0 unspecified atom stereocenters. The van der Waals surface area contributed by atoms with Gasteiger partial charge in [-0.05, 0) is 19.1 Å². The van der Waals surface area contributed by atoms with E-state index in [0.29, 0.717) is 39.8 Å². The predicted molar refractivity (Wildman–Crippen MR) is 92.8 cm³/mol. The number of methoxy groups -OCH3 is 3. The monoisotopic (exact) mass is 360 g/mol. The number of rotatable bonds is 4. The summed E-state index contributed by atoms with van der Waals surface area (Å²) >= 11 is 0. The summed E-state index contributed by atoms with van der Waals surface area (Å²) in [6.07, 6.45) is -0.579. The molecule has 1 aliphatic heterocycles. The van der Waals surface area contributed by atoms with Gasteiger partial charge in [-0.2, -0.15) is 0 Å². The molecule has 0 saturated carbocycles. The Hall–Kier alpha value is -3.16. The molecule has 3 rings (SSSR count). The van der Waals surface area contributed by atoms with Crippen molar-refractivity contribution in [2.24, 2.45) is 0 Å². The maximum absolute atomic E-state index is 12.8. The van der Waals surface area contributed by atoms with E-state index in [0.717, 1.165) is 0 Å². The van der Waals surface area contributed by atoms with E-state index in [1.807, 2.05) is 0 Å². The summed E-state index contributed by atoms with van der Waals surface area (Å²) in [5.41, 5.74) is 1.37. The van der Waals surface area contributed by atoms with Crippen LogP contribution in [0.15, 0.2) is 22.6 Å². The molecule has 0 spiro atoms. The highest BCUT2D eigenvalue weighted by Crippen LogP contribution is 2.39. The predicted octanol–water partition coefficient (Wildman–Crippen LogP) is 2.59. The van der Waals surface area contributed by atoms with Gasteiger partial charge in [0.1, 0.15) is 17.1 Å². The molecule has 138 valence electrons. The lowest BCUT2D eigenvalue weighted by atomic mass is 10.1. The number of benzene rings is 1. The van der Waals surface area contributed by atoms with Crippen LogP contribution < -0.4 is 14.8 Å². The second-order valence-electron chi connectivity index (χ2n) is 5.83. The summed E-state index contributed by atoms with van der Waals surface area (Å²) in [5, 5.41) is 3.24. The minimum absolute atomic E-state index is 0.210. The van der Waals surface area contributed by atoms with Crippen molar-refractivity contribution in [1.82, 2.24) is 4.90 Å². The molecular formula is C18H20N2O6. The Bertz CT molecular complexity index is 873. The number of nitrogens with zero attached hydrogens (tertiary/aromatic N) is 1. The van der Waals surface area contributed by atoms with Gasteiger partial charge in [-0.1, -0.05) is 0 Å². The van der Waals surface area contributed by atoms with Crippen LogP contribution in [0, 0.1) is 6.92 Å². The van der Waals surface area contributed by atoms with Gasteiger partial charge in [-0.25, -0.2) is 4.79 Å². The number of hydrogen-bond acceptors (Lipinski definition) is 7. The van der Waals surface area contributed by atoms with Crippen molar-refractivity contribution >= 4 is 17.6 Å². The Morgan fingerprint density at radius 2 is 1.81 bits per heavy atom. The second kappa shape index (κ2) is 6.62. The fourth-order valence-electron chi connectivity index (χ4n) is 2.94. The molecular weight excluding hydrogens is 340 g/mol. The van der Waals surface area contributed by atoms with Gasteiger partial charge in [0, 0.05) is 13.1 Å². The molecule has 1 N–H and O–H groups in total. The van der Waals surface area contributed by atoms with Crippen LogP contribution in [-0.2, 0) is 4.74 Å². The summed E-state index contributed by atoms with van der Waals surface area (Å²) in [7, 11) is 5.99. The lowest BCUT2D eigenvalue weighted by Crippen LogP contribution is -2.40. The Morgan fingerprint density at radius 3 is 2.42 bits per heavy atom. The molecule has 1 atom stereocenters. The molecule has 26 heavy (non-hydrogen) atoms. The van der Waals surface area contributed by atoms with Gasteiger partial charge in [0.2, 0.25) is 0 Å². The van der Waals surface area contributed by atoms with E-state index in [1.54, 1.807) is 32.2 Å². The van der Waals surface area contributed by atoms with Crippen LogP contribution in [0.3, 0.4) is 0 Å². The van der Waals surface area contributed by atoms with Gasteiger partial charge in [0.05, 0.1) is 32.6 Å². The van der Waals surface area contributed by atoms with Crippen LogP contribution in [-0.4, -0.2) is 45.2 Å². The average Bonchev–Trinajstić information content (AvgIpc) is 3.04. The summed E-state index contributed by atoms with van der Waals surface area (Å²) in [5.74, 6) is 1.12. The quantitative estimate of drug-likeness (QED) is 0.838. The van der Waals surface area contributed by atoms with Crippen molar-refractivity contribution in [3.8, 4) is 11.5 Å².